The molecule has 0 aromatic rings. The molecule has 0 radical (unpaired) electrons. The highest BCUT2D eigenvalue weighted by molar-refractivity contribution is 5.77. The third-order valence-electron chi connectivity index (χ3n) is 2.20. The van der Waals surface area contributed by atoms with Crippen LogP contribution in [0.25, 0.3) is 0 Å². The van der Waals surface area contributed by atoms with E-state index in [0.717, 1.165) is 13.0 Å². The van der Waals surface area contributed by atoms with Crippen LogP contribution in [0.5, 0.6) is 0 Å². The van der Waals surface area contributed by atoms with Gasteiger partial charge in [0.2, 0.25) is 5.91 Å². The third-order valence-corrected chi connectivity index (χ3v) is 2.20. The molecule has 0 aromatic heterocycles. The number of carbonyl (C=O) groups is 1. The predicted octanol–water partition coefficient (Wildman–Crippen LogP) is 3.16. The molecule has 0 spiro atoms. The number of rotatable bonds is 1. The molecule has 3 N–H and O–H groups in total. The van der Waals surface area contributed by atoms with Gasteiger partial charge in [-0.1, -0.05) is 55.0 Å². The Morgan fingerprint density at radius 1 is 1.35 bits per heavy atom. The lowest BCUT2D eigenvalue weighted by atomic mass is 9.92. The van der Waals surface area contributed by atoms with E-state index in [1.807, 2.05) is 27.7 Å². The van der Waals surface area contributed by atoms with E-state index in [4.69, 9.17) is 0 Å². The molecule has 0 bridgehead atoms. The van der Waals surface area contributed by atoms with E-state index in [9.17, 15) is 9.90 Å². The van der Waals surface area contributed by atoms with Crippen molar-refractivity contribution >= 4 is 5.91 Å². The Labute approximate surface area is 126 Å². The maximum Gasteiger partial charge on any atom is 0.223 e. The van der Waals surface area contributed by atoms with Crippen LogP contribution in [-0.2, 0) is 4.79 Å². The van der Waals surface area contributed by atoms with Crippen LogP contribution >= 0.6 is 0 Å². The summed E-state index contributed by atoms with van der Waals surface area (Å²) in [6, 6.07) is 0. The normalized spacial score (nSPS) is 16.6. The molecule has 4 heteroatoms. The number of β-amino-alcohol motifs (C(OH)–C–C–N with tert-alkyl or cyclic N) is 1. The molecule has 1 atom stereocenters. The molecule has 1 aliphatic rings. The van der Waals surface area contributed by atoms with Crippen LogP contribution in [0, 0.1) is 5.41 Å². The number of nitrogens with two attached hydrogens (primary N) is 1. The molecule has 1 rings (SSSR count). The van der Waals surface area contributed by atoms with Crippen LogP contribution in [0.4, 0.5) is 0 Å². The molecule has 0 aliphatic carbocycles. The van der Waals surface area contributed by atoms with Crippen molar-refractivity contribution in [3.05, 3.63) is 12.8 Å². The van der Waals surface area contributed by atoms with Crippen molar-refractivity contribution in [3.63, 3.8) is 0 Å². The number of aliphatic hydroxyl groups is 1. The van der Waals surface area contributed by atoms with E-state index in [-0.39, 0.29) is 17.4 Å². The average Bonchev–Trinajstić information content (AvgIpc) is 2.80. The van der Waals surface area contributed by atoms with Crippen molar-refractivity contribution in [2.45, 2.75) is 67.4 Å². The van der Waals surface area contributed by atoms with Crippen molar-refractivity contribution in [2.24, 2.45) is 11.1 Å². The lowest BCUT2D eigenvalue weighted by Crippen LogP contribution is -2.32. The van der Waals surface area contributed by atoms with Crippen LogP contribution in [0.1, 0.15) is 61.3 Å². The van der Waals surface area contributed by atoms with E-state index in [1.165, 1.54) is 6.20 Å². The summed E-state index contributed by atoms with van der Waals surface area (Å²) in [6.45, 7) is 18.5. The zero-order valence-corrected chi connectivity index (χ0v) is 14.6. The van der Waals surface area contributed by atoms with Crippen molar-refractivity contribution < 1.29 is 9.90 Å². The molecule has 122 valence electrons. The van der Waals surface area contributed by atoms with Crippen LogP contribution in [0.15, 0.2) is 12.8 Å². The standard InChI is InChI=1S/C10H19NO2.C2H5N.2C2H6/c1-10(2,3)6-9(13)11-5-4-8(12)7-11;1-2-3;2*1-2/h8,12H,4-7H2,1-3H3;2H,1,3H2;2*1-2H3. The molecule has 20 heavy (non-hydrogen) atoms. The zero-order valence-electron chi connectivity index (χ0n) is 14.6. The van der Waals surface area contributed by atoms with Crippen molar-refractivity contribution in [2.75, 3.05) is 13.1 Å². The molecule has 4 nitrogen and oxygen atoms in total. The second-order valence-electron chi connectivity index (χ2n) is 5.26. The smallest absolute Gasteiger partial charge is 0.223 e. The quantitative estimate of drug-likeness (QED) is 0.779. The summed E-state index contributed by atoms with van der Waals surface area (Å²) in [4.78, 5) is 13.4. The summed E-state index contributed by atoms with van der Waals surface area (Å²) in [6.07, 6.45) is 2.25. The molecule has 1 heterocycles. The Balaban J connectivity index is -0.000000355. The molecule has 1 amide bonds. The number of hydrogen-bond acceptors (Lipinski definition) is 3. The number of hydrogen-bond donors (Lipinski definition) is 2. The second kappa shape index (κ2) is 14.4. The van der Waals surface area contributed by atoms with Gasteiger partial charge in [0.25, 0.3) is 0 Å². The molecule has 1 saturated heterocycles. The maximum atomic E-state index is 11.6. The summed E-state index contributed by atoms with van der Waals surface area (Å²) < 4.78 is 0. The van der Waals surface area contributed by atoms with Gasteiger partial charge in [-0.25, -0.2) is 0 Å². The van der Waals surface area contributed by atoms with E-state index in [2.05, 4.69) is 33.1 Å². The Hall–Kier alpha value is -1.03. The fraction of sp³-hybridized carbons (Fsp3) is 0.812. The highest BCUT2D eigenvalue weighted by atomic mass is 16.3. The van der Waals surface area contributed by atoms with Gasteiger partial charge in [-0.05, 0) is 18.0 Å². The van der Waals surface area contributed by atoms with Crippen molar-refractivity contribution in [1.29, 1.82) is 0 Å². The Morgan fingerprint density at radius 3 is 2.00 bits per heavy atom. The van der Waals surface area contributed by atoms with E-state index in [1.54, 1.807) is 4.90 Å². The fourth-order valence-electron chi connectivity index (χ4n) is 1.53. The van der Waals surface area contributed by atoms with Gasteiger partial charge < -0.3 is 15.7 Å². The van der Waals surface area contributed by atoms with Crippen LogP contribution in [0.2, 0.25) is 0 Å². The lowest BCUT2D eigenvalue weighted by Gasteiger charge is -2.22. The van der Waals surface area contributed by atoms with Crippen LogP contribution < -0.4 is 5.73 Å². The molecule has 1 aliphatic heterocycles. The number of aliphatic hydroxyl groups excluding tert-OH is 1. The Morgan fingerprint density at radius 2 is 1.75 bits per heavy atom. The fourth-order valence-corrected chi connectivity index (χ4v) is 1.53. The Bertz CT molecular complexity index is 235. The number of likely N-dealkylation sites (tertiary alicyclic amines) is 1. The third kappa shape index (κ3) is 15.0. The van der Waals surface area contributed by atoms with Crippen molar-refractivity contribution in [1.82, 2.24) is 4.90 Å². The second-order valence-corrected chi connectivity index (χ2v) is 5.26. The van der Waals surface area contributed by atoms with E-state index < -0.39 is 0 Å². The molecule has 0 saturated carbocycles. The molecular formula is C16H36N2O2. The van der Waals surface area contributed by atoms with Gasteiger partial charge in [0.05, 0.1) is 6.10 Å². The first-order valence-corrected chi connectivity index (χ1v) is 7.58. The number of amides is 1. The number of carbonyl (C=O) groups excluding carboxylic acids is 1. The number of nitrogens with zero attached hydrogens (tertiary/aromatic N) is 1. The highest BCUT2D eigenvalue weighted by Crippen LogP contribution is 2.21. The molecule has 1 unspecified atom stereocenters. The van der Waals surface area contributed by atoms with Gasteiger partial charge in [-0.2, -0.15) is 0 Å². The van der Waals surface area contributed by atoms with Gasteiger partial charge >= 0.3 is 0 Å². The average molecular weight is 288 g/mol. The summed E-state index contributed by atoms with van der Waals surface area (Å²) in [7, 11) is 0. The van der Waals surface area contributed by atoms with Gasteiger partial charge in [0.1, 0.15) is 0 Å². The van der Waals surface area contributed by atoms with Gasteiger partial charge in [-0.15, -0.1) is 0 Å². The topological polar surface area (TPSA) is 66.6 Å². The molecular weight excluding hydrogens is 252 g/mol. The Kier molecular flexibility index (Phi) is 17.3. The van der Waals surface area contributed by atoms with Gasteiger partial charge in [-0.3, -0.25) is 4.79 Å². The van der Waals surface area contributed by atoms with Gasteiger partial charge in [0.15, 0.2) is 0 Å². The van der Waals surface area contributed by atoms with Crippen LogP contribution in [0.3, 0.4) is 0 Å². The highest BCUT2D eigenvalue weighted by Gasteiger charge is 2.27. The first-order chi connectivity index (χ1) is 9.30. The summed E-state index contributed by atoms with van der Waals surface area (Å²) >= 11 is 0. The molecule has 1 fully saturated rings. The largest absolute Gasteiger partial charge is 0.405 e. The predicted molar refractivity (Wildman–Crippen MR) is 88.4 cm³/mol. The minimum absolute atomic E-state index is 0.0463. The van der Waals surface area contributed by atoms with Crippen molar-refractivity contribution in [3.8, 4) is 0 Å². The first-order valence-electron chi connectivity index (χ1n) is 7.58. The minimum Gasteiger partial charge on any atom is -0.405 e. The molecule has 0 aromatic carbocycles. The maximum absolute atomic E-state index is 11.6. The monoisotopic (exact) mass is 288 g/mol. The lowest BCUT2D eigenvalue weighted by molar-refractivity contribution is -0.132. The van der Waals surface area contributed by atoms with E-state index in [0.29, 0.717) is 13.0 Å². The summed E-state index contributed by atoms with van der Waals surface area (Å²) in [5.74, 6) is 0.170. The first kappa shape index (κ1) is 24.0. The zero-order chi connectivity index (χ0) is 16.8. The summed E-state index contributed by atoms with van der Waals surface area (Å²) in [5.41, 5.74) is 4.66. The SMILES string of the molecule is C=CN.CC.CC.CC(C)(C)CC(=O)N1CCC(O)C1. The van der Waals surface area contributed by atoms with E-state index >= 15 is 0 Å². The summed E-state index contributed by atoms with van der Waals surface area (Å²) in [5, 5.41) is 9.25. The van der Waals surface area contributed by atoms with Crippen LogP contribution in [-0.4, -0.2) is 35.1 Å². The minimum atomic E-state index is -0.302. The van der Waals surface area contributed by atoms with Gasteiger partial charge in [0, 0.05) is 19.5 Å².